The molecule has 0 aliphatic carbocycles. The van der Waals surface area contributed by atoms with E-state index in [2.05, 4.69) is 146 Å². The van der Waals surface area contributed by atoms with E-state index in [1.807, 2.05) is 39.8 Å². The molecule has 0 nitrogen and oxygen atoms in total. The zero-order valence-corrected chi connectivity index (χ0v) is 26.0. The van der Waals surface area contributed by atoms with E-state index < -0.39 is 0 Å². The first-order chi connectivity index (χ1) is 21.7. The van der Waals surface area contributed by atoms with Crippen LogP contribution in [0.5, 0.6) is 0 Å². The molecular formula is C45H42. The molecule has 0 unspecified atom stereocenters. The number of hydrogen-bond acceptors (Lipinski definition) is 0. The van der Waals surface area contributed by atoms with Crippen molar-refractivity contribution in [2.45, 2.75) is 35.1 Å². The van der Waals surface area contributed by atoms with E-state index >= 15 is 0 Å². The van der Waals surface area contributed by atoms with Crippen molar-refractivity contribution in [2.24, 2.45) is 0 Å². The molecule has 0 radical (unpaired) electrons. The molecule has 0 atom stereocenters. The van der Waals surface area contributed by atoms with Crippen molar-refractivity contribution in [2.75, 3.05) is 0 Å². The van der Waals surface area contributed by atoms with Gasteiger partial charge in [-0.05, 0) is 114 Å². The fraction of sp³-hybridized carbons (Fsp3) is 0.111. The lowest BCUT2D eigenvalue weighted by atomic mass is 9.90. The highest BCUT2D eigenvalue weighted by Crippen LogP contribution is 2.38. The molecule has 0 saturated carbocycles. The van der Waals surface area contributed by atoms with Crippen LogP contribution in [0.2, 0.25) is 0 Å². The van der Waals surface area contributed by atoms with Crippen molar-refractivity contribution in [3.05, 3.63) is 158 Å². The molecule has 0 N–H and O–H groups in total. The maximum atomic E-state index is 2.34. The average molecular weight is 583 g/mol. The van der Waals surface area contributed by atoms with Gasteiger partial charge in [0.25, 0.3) is 0 Å². The lowest BCUT2D eigenvalue weighted by Gasteiger charge is -2.13. The van der Waals surface area contributed by atoms with Gasteiger partial charge in [0.15, 0.2) is 0 Å². The Labute approximate surface area is 268 Å². The van der Waals surface area contributed by atoms with Gasteiger partial charge in [0.2, 0.25) is 0 Å². The van der Waals surface area contributed by atoms with Gasteiger partial charge >= 0.3 is 0 Å². The molecule has 0 aliphatic rings. The molecular weight excluding hydrogens is 540 g/mol. The summed E-state index contributed by atoms with van der Waals surface area (Å²) in [6, 6.07) is 53.4. The topological polar surface area (TPSA) is 0 Å². The van der Waals surface area contributed by atoms with Crippen molar-refractivity contribution in [1.82, 2.24) is 0 Å². The summed E-state index contributed by atoms with van der Waals surface area (Å²) in [7, 11) is 0. The molecule has 222 valence electrons. The van der Waals surface area contributed by atoms with E-state index in [9.17, 15) is 0 Å². The molecule has 0 saturated heterocycles. The number of rotatable bonds is 2. The van der Waals surface area contributed by atoms with Gasteiger partial charge in [-0.25, -0.2) is 0 Å². The monoisotopic (exact) mass is 582 g/mol. The predicted molar refractivity (Wildman–Crippen MR) is 203 cm³/mol. The Morgan fingerprint density at radius 2 is 0.667 bits per heavy atom. The Kier molecular flexibility index (Phi) is 9.76. The van der Waals surface area contributed by atoms with Crippen LogP contribution in [0.1, 0.15) is 35.1 Å². The van der Waals surface area contributed by atoms with Gasteiger partial charge in [-0.2, -0.15) is 0 Å². The summed E-state index contributed by atoms with van der Waals surface area (Å²) in [6.07, 6.45) is 4.00. The highest BCUT2D eigenvalue weighted by molar-refractivity contribution is 6.15. The molecule has 0 heterocycles. The SMILES string of the molecule is C.C/C=C\C.CC.c1ccc2c(c1)cc(-c1ccc3cc(-c4cc5ccccc5c5ccccc45)ccc3c1)c1ccccc12. The predicted octanol–water partition coefficient (Wildman–Crippen LogP) is 14.0. The summed E-state index contributed by atoms with van der Waals surface area (Å²) in [5.41, 5.74) is 5.07. The fourth-order valence-corrected chi connectivity index (χ4v) is 6.17. The largest absolute Gasteiger partial charge is 0.0919 e. The van der Waals surface area contributed by atoms with E-state index in [0.29, 0.717) is 0 Å². The maximum Gasteiger partial charge on any atom is -0.00988 e. The summed E-state index contributed by atoms with van der Waals surface area (Å²) < 4.78 is 0. The molecule has 8 aromatic rings. The van der Waals surface area contributed by atoms with E-state index in [1.54, 1.807) is 0 Å². The molecule has 0 bridgehead atoms. The molecule has 0 fully saturated rings. The second-order valence-electron chi connectivity index (χ2n) is 10.8. The van der Waals surface area contributed by atoms with E-state index in [1.165, 1.54) is 76.1 Å². The van der Waals surface area contributed by atoms with Crippen LogP contribution < -0.4 is 0 Å². The summed E-state index contributed by atoms with van der Waals surface area (Å²) in [5.74, 6) is 0. The highest BCUT2D eigenvalue weighted by Gasteiger charge is 2.11. The minimum atomic E-state index is 0. The van der Waals surface area contributed by atoms with Gasteiger partial charge in [-0.1, -0.05) is 155 Å². The molecule has 0 amide bonds. The number of hydrogen-bond donors (Lipinski definition) is 0. The first-order valence-electron chi connectivity index (χ1n) is 15.7. The number of benzene rings is 8. The van der Waals surface area contributed by atoms with Crippen LogP contribution in [-0.2, 0) is 0 Å². The van der Waals surface area contributed by atoms with Crippen LogP contribution >= 0.6 is 0 Å². The van der Waals surface area contributed by atoms with Crippen molar-refractivity contribution < 1.29 is 0 Å². The van der Waals surface area contributed by atoms with Gasteiger partial charge < -0.3 is 0 Å². The minimum Gasteiger partial charge on any atom is -0.0919 e. The zero-order valence-electron chi connectivity index (χ0n) is 26.0. The van der Waals surface area contributed by atoms with Crippen LogP contribution in [-0.4, -0.2) is 0 Å². The maximum absolute atomic E-state index is 2.34. The Balaban J connectivity index is 0.000000533. The van der Waals surface area contributed by atoms with Crippen LogP contribution in [0.3, 0.4) is 0 Å². The fourth-order valence-electron chi connectivity index (χ4n) is 6.17. The lowest BCUT2D eigenvalue weighted by Crippen LogP contribution is -1.87. The van der Waals surface area contributed by atoms with Crippen LogP contribution in [0.25, 0.3) is 76.1 Å². The van der Waals surface area contributed by atoms with Crippen molar-refractivity contribution >= 4 is 53.9 Å². The van der Waals surface area contributed by atoms with Crippen molar-refractivity contribution in [1.29, 1.82) is 0 Å². The first-order valence-corrected chi connectivity index (χ1v) is 15.7. The van der Waals surface area contributed by atoms with E-state index in [0.717, 1.165) is 0 Å². The van der Waals surface area contributed by atoms with Gasteiger partial charge in [0, 0.05) is 0 Å². The first kappa shape index (κ1) is 31.2. The normalized spacial score (nSPS) is 10.8. The Morgan fingerprint density at radius 3 is 1.04 bits per heavy atom. The number of allylic oxidation sites excluding steroid dienone is 2. The van der Waals surface area contributed by atoms with E-state index in [-0.39, 0.29) is 7.43 Å². The van der Waals surface area contributed by atoms with Crippen LogP contribution in [0.15, 0.2) is 158 Å². The summed E-state index contributed by atoms with van der Waals surface area (Å²) in [6.45, 7) is 8.00. The van der Waals surface area contributed by atoms with Crippen LogP contribution in [0, 0.1) is 0 Å². The quantitative estimate of drug-likeness (QED) is 0.140. The second-order valence-corrected chi connectivity index (χ2v) is 10.8. The Bertz CT molecular complexity index is 2100. The third-order valence-corrected chi connectivity index (χ3v) is 8.33. The van der Waals surface area contributed by atoms with E-state index in [4.69, 9.17) is 0 Å². The molecule has 0 spiro atoms. The Morgan fingerprint density at radius 1 is 0.333 bits per heavy atom. The summed E-state index contributed by atoms with van der Waals surface area (Å²) in [4.78, 5) is 0. The van der Waals surface area contributed by atoms with Crippen LogP contribution in [0.4, 0.5) is 0 Å². The van der Waals surface area contributed by atoms with Gasteiger partial charge in [-0.3, -0.25) is 0 Å². The third kappa shape index (κ3) is 5.97. The molecule has 8 aromatic carbocycles. The molecule has 0 aliphatic heterocycles. The lowest BCUT2D eigenvalue weighted by molar-refractivity contribution is 1.50. The van der Waals surface area contributed by atoms with Crippen molar-refractivity contribution in [3.8, 4) is 22.3 Å². The molecule has 0 aromatic heterocycles. The smallest absolute Gasteiger partial charge is 0.00988 e. The second kappa shape index (κ2) is 14.1. The highest BCUT2D eigenvalue weighted by atomic mass is 14.1. The number of fused-ring (bicyclic) bond motifs is 7. The summed E-state index contributed by atoms with van der Waals surface area (Å²) >= 11 is 0. The summed E-state index contributed by atoms with van der Waals surface area (Å²) in [5, 5.41) is 12.9. The van der Waals surface area contributed by atoms with Gasteiger partial charge in [0.1, 0.15) is 0 Å². The standard InChI is InChI=1S/C38H24.C4H8.C2H6.CH4/c1-3-11-31-27(9-1)23-37(35-15-7-5-13-33(31)35)29-19-17-26-22-30(20-18-25(26)21-29)38-24-28-10-2-4-12-32(28)34-14-6-8-16-36(34)38;1-3-4-2;1-2;/h1-24H;3-4H,1-2H3;1-2H3;1H4/b;4-3-;;. The zero-order chi connectivity index (χ0) is 30.5. The molecule has 8 rings (SSSR count). The van der Waals surface area contributed by atoms with Gasteiger partial charge in [-0.15, -0.1) is 0 Å². The van der Waals surface area contributed by atoms with Gasteiger partial charge in [0.05, 0.1) is 0 Å². The molecule has 45 heavy (non-hydrogen) atoms. The molecule has 0 heteroatoms. The van der Waals surface area contributed by atoms with Crippen molar-refractivity contribution in [3.63, 3.8) is 0 Å². The minimum absolute atomic E-state index is 0. The average Bonchev–Trinajstić information content (AvgIpc) is 3.11. The third-order valence-electron chi connectivity index (χ3n) is 8.33. The Hall–Kier alpha value is -5.20.